The number of rotatable bonds is 5. The summed E-state index contributed by atoms with van der Waals surface area (Å²) in [5, 5.41) is 2.64. The van der Waals surface area contributed by atoms with Gasteiger partial charge in [0.1, 0.15) is 5.82 Å². The van der Waals surface area contributed by atoms with Crippen LogP contribution < -0.4 is 11.1 Å². The number of benzene rings is 1. The maximum absolute atomic E-state index is 12.8. The Hall–Kier alpha value is -1.62. The molecule has 0 aromatic heterocycles. The molecule has 0 aliphatic carbocycles. The number of amides is 1. The van der Waals surface area contributed by atoms with Gasteiger partial charge in [-0.05, 0) is 24.1 Å². The Morgan fingerprint density at radius 2 is 2.29 bits per heavy atom. The molecule has 0 spiro atoms. The van der Waals surface area contributed by atoms with Crippen molar-refractivity contribution in [2.75, 3.05) is 24.8 Å². The first kappa shape index (κ1) is 13.4. The molecule has 1 aromatic rings. The van der Waals surface area contributed by atoms with Gasteiger partial charge in [-0.3, -0.25) is 4.79 Å². The number of nitrogen functional groups attached to an aromatic ring is 1. The van der Waals surface area contributed by atoms with Crippen LogP contribution in [0.25, 0.3) is 0 Å². The van der Waals surface area contributed by atoms with Gasteiger partial charge < -0.3 is 15.8 Å². The Labute approximate surface area is 100.0 Å². The maximum atomic E-state index is 12.8. The van der Waals surface area contributed by atoms with Crippen molar-refractivity contribution in [1.82, 2.24) is 0 Å². The molecule has 1 aromatic carbocycles. The smallest absolute Gasteiger partial charge is 0.224 e. The number of anilines is 2. The lowest BCUT2D eigenvalue weighted by atomic mass is 10.1. The quantitative estimate of drug-likeness (QED) is 0.774. The summed E-state index contributed by atoms with van der Waals surface area (Å²) in [4.78, 5) is 11.6. The largest absolute Gasteiger partial charge is 0.397 e. The van der Waals surface area contributed by atoms with Gasteiger partial charge in [0.05, 0.1) is 11.4 Å². The number of nitrogens with two attached hydrogens (primary N) is 1. The fraction of sp³-hybridized carbons (Fsp3) is 0.417. The molecule has 1 rings (SSSR count). The summed E-state index contributed by atoms with van der Waals surface area (Å²) in [6.45, 7) is 2.43. The number of methoxy groups -OCH3 is 1. The molecule has 0 bridgehead atoms. The molecular formula is C12H17FN2O2. The number of halogens is 1. The van der Waals surface area contributed by atoms with Crippen LogP contribution >= 0.6 is 0 Å². The molecule has 0 aliphatic rings. The van der Waals surface area contributed by atoms with Gasteiger partial charge in [-0.1, -0.05) is 6.92 Å². The van der Waals surface area contributed by atoms with E-state index in [4.69, 9.17) is 10.5 Å². The molecule has 0 aliphatic heterocycles. The van der Waals surface area contributed by atoms with Crippen molar-refractivity contribution in [3.63, 3.8) is 0 Å². The highest BCUT2D eigenvalue weighted by Gasteiger charge is 2.10. The summed E-state index contributed by atoms with van der Waals surface area (Å²) in [5.41, 5.74) is 6.23. The van der Waals surface area contributed by atoms with Crippen molar-refractivity contribution in [1.29, 1.82) is 0 Å². The maximum Gasteiger partial charge on any atom is 0.224 e. The Balaban J connectivity index is 2.56. The van der Waals surface area contributed by atoms with Crippen LogP contribution in [0.2, 0.25) is 0 Å². The van der Waals surface area contributed by atoms with Crippen LogP contribution in [-0.2, 0) is 9.53 Å². The predicted molar refractivity (Wildman–Crippen MR) is 65.1 cm³/mol. The molecule has 17 heavy (non-hydrogen) atoms. The van der Waals surface area contributed by atoms with E-state index in [1.54, 1.807) is 7.11 Å². The topological polar surface area (TPSA) is 64.3 Å². The molecule has 0 radical (unpaired) electrons. The second-order valence-electron chi connectivity index (χ2n) is 4.04. The van der Waals surface area contributed by atoms with Crippen LogP contribution in [0, 0.1) is 11.7 Å². The minimum atomic E-state index is -0.423. The van der Waals surface area contributed by atoms with Crippen LogP contribution in [0.15, 0.2) is 18.2 Å². The molecule has 3 N–H and O–H groups in total. The monoisotopic (exact) mass is 240 g/mol. The van der Waals surface area contributed by atoms with Gasteiger partial charge in [0.15, 0.2) is 0 Å². The molecule has 5 heteroatoms. The summed E-state index contributed by atoms with van der Waals surface area (Å²) >= 11 is 0. The van der Waals surface area contributed by atoms with E-state index in [9.17, 15) is 9.18 Å². The second-order valence-corrected chi connectivity index (χ2v) is 4.04. The van der Waals surface area contributed by atoms with E-state index < -0.39 is 5.82 Å². The van der Waals surface area contributed by atoms with Crippen LogP contribution in [0.1, 0.15) is 13.3 Å². The van der Waals surface area contributed by atoms with E-state index in [0.717, 1.165) is 0 Å². The molecule has 0 saturated carbocycles. The molecule has 94 valence electrons. The van der Waals surface area contributed by atoms with Crippen molar-refractivity contribution in [3.8, 4) is 0 Å². The summed E-state index contributed by atoms with van der Waals surface area (Å²) in [5.74, 6) is -0.456. The number of hydrogen-bond acceptors (Lipinski definition) is 3. The fourth-order valence-electron chi connectivity index (χ4n) is 1.51. The third kappa shape index (κ3) is 4.40. The molecule has 1 unspecified atom stereocenters. The highest BCUT2D eigenvalue weighted by molar-refractivity contribution is 5.93. The molecule has 0 heterocycles. The molecule has 1 amide bonds. The average Bonchev–Trinajstić information content (AvgIpc) is 2.22. The molecular weight excluding hydrogens is 223 g/mol. The fourth-order valence-corrected chi connectivity index (χ4v) is 1.51. The van der Waals surface area contributed by atoms with Gasteiger partial charge in [-0.25, -0.2) is 4.39 Å². The van der Waals surface area contributed by atoms with Crippen LogP contribution in [0.5, 0.6) is 0 Å². The van der Waals surface area contributed by atoms with Crippen molar-refractivity contribution in [2.24, 2.45) is 5.92 Å². The van der Waals surface area contributed by atoms with Gasteiger partial charge in [0.25, 0.3) is 0 Å². The highest BCUT2D eigenvalue weighted by atomic mass is 19.1. The predicted octanol–water partition coefficient (Wildman–Crippen LogP) is 2.02. The Morgan fingerprint density at radius 1 is 1.59 bits per heavy atom. The van der Waals surface area contributed by atoms with E-state index in [2.05, 4.69) is 5.32 Å². The lowest BCUT2D eigenvalue weighted by molar-refractivity contribution is -0.117. The third-order valence-electron chi connectivity index (χ3n) is 2.27. The highest BCUT2D eigenvalue weighted by Crippen LogP contribution is 2.19. The van der Waals surface area contributed by atoms with Gasteiger partial charge in [-0.2, -0.15) is 0 Å². The zero-order chi connectivity index (χ0) is 12.8. The van der Waals surface area contributed by atoms with Crippen molar-refractivity contribution in [2.45, 2.75) is 13.3 Å². The van der Waals surface area contributed by atoms with Crippen LogP contribution in [0.3, 0.4) is 0 Å². The minimum Gasteiger partial charge on any atom is -0.397 e. The van der Waals surface area contributed by atoms with Gasteiger partial charge in [0, 0.05) is 20.1 Å². The van der Waals surface area contributed by atoms with E-state index >= 15 is 0 Å². The summed E-state index contributed by atoms with van der Waals surface area (Å²) in [6, 6.07) is 3.88. The van der Waals surface area contributed by atoms with Crippen molar-refractivity contribution in [3.05, 3.63) is 24.0 Å². The lowest BCUT2D eigenvalue weighted by Gasteiger charge is -2.11. The van der Waals surface area contributed by atoms with Crippen LogP contribution in [-0.4, -0.2) is 19.6 Å². The van der Waals surface area contributed by atoms with Gasteiger partial charge >= 0.3 is 0 Å². The number of ether oxygens (including phenoxy) is 1. The van der Waals surface area contributed by atoms with Crippen molar-refractivity contribution < 1.29 is 13.9 Å². The molecule has 0 fully saturated rings. The van der Waals surface area contributed by atoms with Crippen molar-refractivity contribution >= 4 is 17.3 Å². The normalized spacial score (nSPS) is 12.2. The van der Waals surface area contributed by atoms with E-state index in [1.807, 2.05) is 6.92 Å². The van der Waals surface area contributed by atoms with Gasteiger partial charge in [0.2, 0.25) is 5.91 Å². The number of hydrogen-bond donors (Lipinski definition) is 2. The summed E-state index contributed by atoms with van der Waals surface area (Å²) in [6.07, 6.45) is 0.338. The summed E-state index contributed by atoms with van der Waals surface area (Å²) in [7, 11) is 1.59. The first-order valence-corrected chi connectivity index (χ1v) is 5.36. The van der Waals surface area contributed by atoms with E-state index in [0.29, 0.717) is 18.7 Å². The third-order valence-corrected chi connectivity index (χ3v) is 2.27. The molecule has 1 atom stereocenters. The Kier molecular flexibility index (Phi) is 4.90. The van der Waals surface area contributed by atoms with Crippen LogP contribution in [0.4, 0.5) is 15.8 Å². The SMILES string of the molecule is COCC(C)CC(=O)Nc1ccc(F)cc1N. The first-order valence-electron chi connectivity index (χ1n) is 5.36. The first-order chi connectivity index (χ1) is 8.02. The Bertz CT molecular complexity index is 396. The standard InChI is InChI=1S/C12H17FN2O2/c1-8(7-17-2)5-12(16)15-11-4-3-9(13)6-10(11)14/h3-4,6,8H,5,7,14H2,1-2H3,(H,15,16). The molecule has 0 saturated heterocycles. The average molecular weight is 240 g/mol. The number of carbonyl (C=O) groups is 1. The Morgan fingerprint density at radius 3 is 2.88 bits per heavy atom. The summed E-state index contributed by atoms with van der Waals surface area (Å²) < 4.78 is 17.7. The van der Waals surface area contributed by atoms with E-state index in [-0.39, 0.29) is 17.5 Å². The van der Waals surface area contributed by atoms with E-state index in [1.165, 1.54) is 18.2 Å². The zero-order valence-corrected chi connectivity index (χ0v) is 10.00. The minimum absolute atomic E-state index is 0.127. The second kappa shape index (κ2) is 6.20. The number of nitrogens with one attached hydrogen (secondary N) is 1. The number of carbonyl (C=O) groups excluding carboxylic acids is 1. The zero-order valence-electron chi connectivity index (χ0n) is 10.00. The van der Waals surface area contributed by atoms with Gasteiger partial charge in [-0.15, -0.1) is 0 Å². The lowest BCUT2D eigenvalue weighted by Crippen LogP contribution is -2.18. The molecule has 4 nitrogen and oxygen atoms in total.